The SMILES string of the molecule is Cc1cccc(NC(=O)C(NC(=O)c2ccco2)C(C)C)c1. The van der Waals surface area contributed by atoms with Gasteiger partial charge in [-0.25, -0.2) is 0 Å². The predicted octanol–water partition coefficient (Wildman–Crippen LogP) is 2.98. The smallest absolute Gasteiger partial charge is 0.287 e. The normalized spacial score (nSPS) is 12.0. The molecule has 1 heterocycles. The number of anilines is 1. The quantitative estimate of drug-likeness (QED) is 0.891. The summed E-state index contributed by atoms with van der Waals surface area (Å²) in [7, 11) is 0. The number of hydrogen-bond donors (Lipinski definition) is 2. The van der Waals surface area contributed by atoms with Gasteiger partial charge in [-0.1, -0.05) is 26.0 Å². The van der Waals surface area contributed by atoms with E-state index in [0.29, 0.717) is 5.69 Å². The van der Waals surface area contributed by atoms with Crippen LogP contribution in [0.15, 0.2) is 47.1 Å². The molecule has 1 aromatic carbocycles. The van der Waals surface area contributed by atoms with Gasteiger partial charge in [-0.05, 0) is 42.7 Å². The number of furan rings is 1. The lowest BCUT2D eigenvalue weighted by molar-refractivity contribution is -0.118. The zero-order valence-electron chi connectivity index (χ0n) is 12.9. The van der Waals surface area contributed by atoms with Crippen LogP contribution in [0.4, 0.5) is 5.69 Å². The van der Waals surface area contributed by atoms with Crippen molar-refractivity contribution >= 4 is 17.5 Å². The van der Waals surface area contributed by atoms with Gasteiger partial charge in [0.15, 0.2) is 5.76 Å². The number of amides is 2. The van der Waals surface area contributed by atoms with E-state index in [4.69, 9.17) is 4.42 Å². The van der Waals surface area contributed by atoms with Gasteiger partial charge in [-0.2, -0.15) is 0 Å². The molecule has 0 saturated heterocycles. The molecular formula is C17H20N2O3. The summed E-state index contributed by atoms with van der Waals surface area (Å²) in [6.45, 7) is 5.71. The van der Waals surface area contributed by atoms with Gasteiger partial charge in [0, 0.05) is 5.69 Å². The molecule has 2 rings (SSSR count). The highest BCUT2D eigenvalue weighted by atomic mass is 16.3. The van der Waals surface area contributed by atoms with Crippen LogP contribution in [0.1, 0.15) is 30.0 Å². The van der Waals surface area contributed by atoms with E-state index in [9.17, 15) is 9.59 Å². The van der Waals surface area contributed by atoms with Crippen LogP contribution in [0.5, 0.6) is 0 Å². The third-order valence-electron chi connectivity index (χ3n) is 3.27. The lowest BCUT2D eigenvalue weighted by atomic mass is 10.0. The van der Waals surface area contributed by atoms with Crippen molar-refractivity contribution in [1.82, 2.24) is 5.32 Å². The predicted molar refractivity (Wildman–Crippen MR) is 84.6 cm³/mol. The molecule has 2 N–H and O–H groups in total. The number of rotatable bonds is 5. The summed E-state index contributed by atoms with van der Waals surface area (Å²) in [5.41, 5.74) is 1.77. The van der Waals surface area contributed by atoms with E-state index >= 15 is 0 Å². The van der Waals surface area contributed by atoms with Gasteiger partial charge < -0.3 is 15.1 Å². The lowest BCUT2D eigenvalue weighted by Crippen LogP contribution is -2.47. The van der Waals surface area contributed by atoms with Crippen LogP contribution >= 0.6 is 0 Å². The monoisotopic (exact) mass is 300 g/mol. The van der Waals surface area contributed by atoms with E-state index in [2.05, 4.69) is 10.6 Å². The first kappa shape index (κ1) is 15.8. The fraction of sp³-hybridized carbons (Fsp3) is 0.294. The standard InChI is InChI=1S/C17H20N2O3/c1-11(2)15(19-16(20)14-8-5-9-22-14)17(21)18-13-7-4-6-12(3)10-13/h4-11,15H,1-3H3,(H,18,21)(H,19,20). The summed E-state index contributed by atoms with van der Waals surface area (Å²) in [6, 6.07) is 10.1. The molecule has 5 heteroatoms. The Morgan fingerprint density at radius 1 is 1.14 bits per heavy atom. The first-order chi connectivity index (χ1) is 10.5. The molecule has 0 bridgehead atoms. The highest BCUT2D eigenvalue weighted by molar-refractivity contribution is 6.00. The van der Waals surface area contributed by atoms with Crippen LogP contribution in [0.25, 0.3) is 0 Å². The average molecular weight is 300 g/mol. The van der Waals surface area contributed by atoms with Crippen molar-refractivity contribution in [3.63, 3.8) is 0 Å². The van der Waals surface area contributed by atoms with Crippen molar-refractivity contribution in [2.75, 3.05) is 5.32 Å². The van der Waals surface area contributed by atoms with E-state index in [-0.39, 0.29) is 17.6 Å². The minimum Gasteiger partial charge on any atom is -0.459 e. The molecule has 1 unspecified atom stereocenters. The Morgan fingerprint density at radius 2 is 1.91 bits per heavy atom. The summed E-state index contributed by atoms with van der Waals surface area (Å²) < 4.78 is 5.05. The Hall–Kier alpha value is -2.56. The number of carbonyl (C=O) groups excluding carboxylic acids is 2. The molecule has 1 atom stereocenters. The topological polar surface area (TPSA) is 71.3 Å². The minimum absolute atomic E-state index is 0.0521. The average Bonchev–Trinajstić information content (AvgIpc) is 2.98. The van der Waals surface area contributed by atoms with Crippen LogP contribution < -0.4 is 10.6 Å². The summed E-state index contributed by atoms with van der Waals surface area (Å²) in [4.78, 5) is 24.5. The largest absolute Gasteiger partial charge is 0.459 e. The molecule has 5 nitrogen and oxygen atoms in total. The number of nitrogens with one attached hydrogen (secondary N) is 2. The third-order valence-corrected chi connectivity index (χ3v) is 3.27. The molecule has 0 aliphatic rings. The van der Waals surface area contributed by atoms with E-state index in [1.807, 2.05) is 45.0 Å². The highest BCUT2D eigenvalue weighted by Crippen LogP contribution is 2.12. The molecule has 0 spiro atoms. The van der Waals surface area contributed by atoms with Crippen molar-refractivity contribution in [3.8, 4) is 0 Å². The summed E-state index contributed by atoms with van der Waals surface area (Å²) in [6.07, 6.45) is 1.42. The Morgan fingerprint density at radius 3 is 2.50 bits per heavy atom. The molecular weight excluding hydrogens is 280 g/mol. The maximum absolute atomic E-state index is 12.4. The van der Waals surface area contributed by atoms with Gasteiger partial charge in [0.25, 0.3) is 5.91 Å². The molecule has 0 radical (unpaired) electrons. The maximum atomic E-state index is 12.4. The summed E-state index contributed by atoms with van der Waals surface area (Å²) in [5.74, 6) is -0.513. The van der Waals surface area contributed by atoms with Crippen LogP contribution in [-0.2, 0) is 4.79 Å². The van der Waals surface area contributed by atoms with E-state index < -0.39 is 11.9 Å². The molecule has 2 aromatic rings. The molecule has 0 saturated carbocycles. The number of benzene rings is 1. The van der Waals surface area contributed by atoms with Crippen molar-refractivity contribution < 1.29 is 14.0 Å². The first-order valence-electron chi connectivity index (χ1n) is 7.19. The molecule has 0 aliphatic carbocycles. The van der Waals surface area contributed by atoms with Crippen LogP contribution in [0.2, 0.25) is 0 Å². The fourth-order valence-electron chi connectivity index (χ4n) is 2.10. The summed E-state index contributed by atoms with van der Waals surface area (Å²) >= 11 is 0. The molecule has 22 heavy (non-hydrogen) atoms. The zero-order valence-corrected chi connectivity index (χ0v) is 12.9. The molecule has 1 aromatic heterocycles. The van der Waals surface area contributed by atoms with Gasteiger partial charge in [-0.15, -0.1) is 0 Å². The van der Waals surface area contributed by atoms with Gasteiger partial charge in [-0.3, -0.25) is 9.59 Å². The van der Waals surface area contributed by atoms with Crippen molar-refractivity contribution in [2.45, 2.75) is 26.8 Å². The molecule has 116 valence electrons. The molecule has 0 fully saturated rings. The second kappa shape index (κ2) is 6.93. The second-order valence-electron chi connectivity index (χ2n) is 5.53. The minimum atomic E-state index is -0.641. The van der Waals surface area contributed by atoms with Crippen LogP contribution in [-0.4, -0.2) is 17.9 Å². The first-order valence-corrected chi connectivity index (χ1v) is 7.19. The Balaban J connectivity index is 2.07. The Bertz CT molecular complexity index is 648. The maximum Gasteiger partial charge on any atom is 0.287 e. The summed E-state index contributed by atoms with van der Waals surface area (Å²) in [5, 5.41) is 5.54. The second-order valence-corrected chi connectivity index (χ2v) is 5.53. The number of carbonyl (C=O) groups is 2. The van der Waals surface area contributed by atoms with Crippen molar-refractivity contribution in [1.29, 1.82) is 0 Å². The van der Waals surface area contributed by atoms with Crippen LogP contribution in [0, 0.1) is 12.8 Å². The third kappa shape index (κ3) is 3.97. The van der Waals surface area contributed by atoms with Crippen molar-refractivity contribution in [2.24, 2.45) is 5.92 Å². The van der Waals surface area contributed by atoms with Gasteiger partial charge >= 0.3 is 0 Å². The van der Waals surface area contributed by atoms with E-state index in [1.165, 1.54) is 6.26 Å². The van der Waals surface area contributed by atoms with Gasteiger partial charge in [0.05, 0.1) is 6.26 Å². The van der Waals surface area contributed by atoms with Crippen molar-refractivity contribution in [3.05, 3.63) is 54.0 Å². The molecule has 2 amide bonds. The van der Waals surface area contributed by atoms with E-state index in [0.717, 1.165) is 5.56 Å². The Labute approximate surface area is 129 Å². The molecule has 0 aliphatic heterocycles. The zero-order chi connectivity index (χ0) is 16.1. The van der Waals surface area contributed by atoms with Gasteiger partial charge in [0.1, 0.15) is 6.04 Å². The number of hydrogen-bond acceptors (Lipinski definition) is 3. The lowest BCUT2D eigenvalue weighted by Gasteiger charge is -2.21. The van der Waals surface area contributed by atoms with E-state index in [1.54, 1.807) is 12.1 Å². The fourth-order valence-corrected chi connectivity index (χ4v) is 2.10. The number of aryl methyl sites for hydroxylation is 1. The Kier molecular flexibility index (Phi) is 4.99. The highest BCUT2D eigenvalue weighted by Gasteiger charge is 2.25. The van der Waals surface area contributed by atoms with Gasteiger partial charge in [0.2, 0.25) is 5.91 Å². The van der Waals surface area contributed by atoms with Crippen LogP contribution in [0.3, 0.4) is 0 Å².